The lowest BCUT2D eigenvalue weighted by Crippen LogP contribution is -2.11. The summed E-state index contributed by atoms with van der Waals surface area (Å²) in [5.74, 6) is 0. The number of nitriles is 2. The minimum atomic E-state index is -5.40. The van der Waals surface area contributed by atoms with Gasteiger partial charge in [0.1, 0.15) is 6.07 Å². The number of hydrogen-bond donors (Lipinski definition) is 0. The van der Waals surface area contributed by atoms with Crippen molar-refractivity contribution in [3.8, 4) is 79.1 Å². The molecule has 4 nitrogen and oxygen atoms in total. The first-order valence-electron chi connectivity index (χ1n) is 27.9. The molecule has 0 aliphatic rings. The summed E-state index contributed by atoms with van der Waals surface area (Å²) in [5.41, 5.74) is -21.2. The predicted octanol–water partition coefficient (Wildman–Crippen LogP) is 24.1. The maximum atomic E-state index is 14.4. The van der Waals surface area contributed by atoms with Crippen molar-refractivity contribution in [1.82, 2.24) is 9.13 Å². The van der Waals surface area contributed by atoms with Crippen molar-refractivity contribution in [1.29, 1.82) is 10.5 Å². The predicted molar refractivity (Wildman–Crippen MR) is 312 cm³/mol. The van der Waals surface area contributed by atoms with E-state index in [1.165, 1.54) is 53.1 Å². The van der Waals surface area contributed by atoms with Crippen molar-refractivity contribution in [2.24, 2.45) is 0 Å². The molecule has 0 aliphatic carbocycles. The van der Waals surface area contributed by atoms with E-state index in [0.29, 0.717) is 48.5 Å². The van der Waals surface area contributed by atoms with E-state index in [1.54, 1.807) is 0 Å². The minimum Gasteiger partial charge on any atom is -0.309 e. The van der Waals surface area contributed by atoms with Crippen LogP contribution in [-0.2, 0) is 49.4 Å². The summed E-state index contributed by atoms with van der Waals surface area (Å²) >= 11 is 0. The first-order chi connectivity index (χ1) is 45.5. The van der Waals surface area contributed by atoms with Gasteiger partial charge in [-0.15, -0.1) is 0 Å². The SMILES string of the molecule is N#Cc1cccc(-c2cc(-n3c4cc(-c5cc(C(F)(F)F)cc(C(F)(F)F)c5)ccc4c4ccc(-c5cc(C(F)(F)F)cc(C(F)(F)F)c5)cc43)c(C#N)cc2-n2c3cc(-c4cc(C(F)(F)F)cc(C(F)(F)F)c4)ccc3c3ccc(-c4cc(C(F)(F)F)cc(C(F)(F)F)c4)cc32)c1. The molecule has 0 radical (unpaired) electrons. The van der Waals surface area contributed by atoms with E-state index in [9.17, 15) is 116 Å². The van der Waals surface area contributed by atoms with Gasteiger partial charge in [-0.2, -0.15) is 116 Å². The molecule has 0 amide bonds. The molecular weight excluding hydrogens is 1350 g/mol. The van der Waals surface area contributed by atoms with Crippen molar-refractivity contribution >= 4 is 43.6 Å². The second-order valence-corrected chi connectivity index (χ2v) is 22.5. The van der Waals surface area contributed by atoms with Gasteiger partial charge in [0.15, 0.2) is 0 Å². The van der Waals surface area contributed by atoms with Crippen molar-refractivity contribution < 1.29 is 105 Å². The Balaban J connectivity index is 1.23. The third-order valence-corrected chi connectivity index (χ3v) is 16.2. The first-order valence-corrected chi connectivity index (χ1v) is 27.9. The number of hydrogen-bond acceptors (Lipinski definition) is 2. The maximum Gasteiger partial charge on any atom is 0.416 e. The largest absolute Gasteiger partial charge is 0.416 e. The van der Waals surface area contributed by atoms with Gasteiger partial charge in [-0.25, -0.2) is 0 Å². The van der Waals surface area contributed by atoms with Crippen LogP contribution in [0.2, 0.25) is 0 Å². The van der Waals surface area contributed by atoms with E-state index < -0.39 is 139 Å². The molecule has 498 valence electrons. The van der Waals surface area contributed by atoms with Crippen molar-refractivity contribution in [3.63, 3.8) is 0 Å². The molecule has 0 aliphatic heterocycles. The molecule has 98 heavy (non-hydrogen) atoms. The molecule has 2 aromatic heterocycles. The minimum absolute atomic E-state index is 0.00772. The summed E-state index contributed by atoms with van der Waals surface area (Å²) in [5, 5.41) is 21.8. The summed E-state index contributed by atoms with van der Waals surface area (Å²) < 4.78 is 349. The topological polar surface area (TPSA) is 57.4 Å². The van der Waals surface area contributed by atoms with E-state index in [1.807, 2.05) is 12.1 Å². The van der Waals surface area contributed by atoms with Crippen LogP contribution in [0.25, 0.3) is 111 Å². The molecule has 0 saturated heterocycles. The van der Waals surface area contributed by atoms with Crippen LogP contribution < -0.4 is 0 Å². The molecule has 0 spiro atoms. The Morgan fingerprint density at radius 1 is 0.235 bits per heavy atom. The molecule has 0 unspecified atom stereocenters. The van der Waals surface area contributed by atoms with Gasteiger partial charge >= 0.3 is 49.4 Å². The number of alkyl halides is 24. The zero-order valence-electron chi connectivity index (χ0n) is 48.2. The highest BCUT2D eigenvalue weighted by molar-refractivity contribution is 6.13. The van der Waals surface area contributed by atoms with E-state index in [0.717, 1.165) is 65.2 Å². The Labute approximate surface area is 533 Å². The first kappa shape index (κ1) is 67.1. The fourth-order valence-electron chi connectivity index (χ4n) is 11.8. The van der Waals surface area contributed by atoms with Crippen LogP contribution in [0.15, 0.2) is 182 Å². The van der Waals surface area contributed by atoms with Gasteiger partial charge in [0.25, 0.3) is 0 Å². The third kappa shape index (κ3) is 12.5. The Morgan fingerprint density at radius 2 is 0.500 bits per heavy atom. The van der Waals surface area contributed by atoms with Crippen LogP contribution in [-0.4, -0.2) is 9.13 Å². The second kappa shape index (κ2) is 22.9. The van der Waals surface area contributed by atoms with Crippen molar-refractivity contribution in [3.05, 3.63) is 238 Å². The van der Waals surface area contributed by atoms with Gasteiger partial charge in [0, 0.05) is 27.1 Å². The number of nitrogens with zero attached hydrogens (tertiary/aromatic N) is 4. The van der Waals surface area contributed by atoms with Crippen LogP contribution in [0.5, 0.6) is 0 Å². The standard InChI is InChI=1S/C70H30F24N4/c71-63(72,73)44-13-39(14-45(26-44)64(74,75)76)34-4-8-52-53-9-5-35(40-15-46(65(77,78)79)27-47(16-40)66(80,81)82)22-59(53)97(58(52)21-34)57-30-56(38-3-1-2-33(12-38)31-95)62(25-43(57)32-96)98-60-23-36(41-17-48(67(83,84)85)28-49(18-41)68(86,87)88)6-10-54(60)55-11-7-37(24-61(55)98)42-19-50(69(89,90)91)29-51(20-42)70(92,93)94/h1-30H. The highest BCUT2D eigenvalue weighted by Gasteiger charge is 2.42. The Bertz CT molecular complexity index is 4970. The quantitative estimate of drug-likeness (QED) is 0.149. The van der Waals surface area contributed by atoms with E-state index in [4.69, 9.17) is 0 Å². The number of rotatable bonds is 7. The van der Waals surface area contributed by atoms with Gasteiger partial charge in [-0.1, -0.05) is 60.7 Å². The lowest BCUT2D eigenvalue weighted by molar-refractivity contribution is -0.144. The molecule has 28 heteroatoms. The Kier molecular flexibility index (Phi) is 15.7. The molecule has 12 aromatic rings. The summed E-state index contributed by atoms with van der Waals surface area (Å²) in [6, 6.07) is 27.0. The lowest BCUT2D eigenvalue weighted by atomic mass is 9.97. The molecule has 0 atom stereocenters. The molecule has 0 N–H and O–H groups in total. The molecule has 10 aromatic carbocycles. The van der Waals surface area contributed by atoms with Gasteiger partial charge in [0.05, 0.1) is 95.1 Å². The number of halogens is 24. The second-order valence-electron chi connectivity index (χ2n) is 22.5. The van der Waals surface area contributed by atoms with Crippen LogP contribution in [0.1, 0.15) is 55.6 Å². The molecule has 0 saturated carbocycles. The monoisotopic (exact) mass is 1380 g/mol. The average Bonchev–Trinajstić information content (AvgIpc) is 1.55. The number of aromatic nitrogens is 2. The van der Waals surface area contributed by atoms with Gasteiger partial charge in [-0.05, 0) is 171 Å². The molecule has 12 rings (SSSR count). The average molecular weight is 1380 g/mol. The van der Waals surface area contributed by atoms with Crippen molar-refractivity contribution in [2.45, 2.75) is 49.4 Å². The fourth-order valence-corrected chi connectivity index (χ4v) is 11.8. The molecule has 0 bridgehead atoms. The zero-order valence-corrected chi connectivity index (χ0v) is 48.2. The Morgan fingerprint density at radius 3 is 0.745 bits per heavy atom. The zero-order chi connectivity index (χ0) is 71.1. The van der Waals surface area contributed by atoms with E-state index >= 15 is 0 Å². The smallest absolute Gasteiger partial charge is 0.309 e. The van der Waals surface area contributed by atoms with Crippen LogP contribution in [0, 0.1) is 22.7 Å². The summed E-state index contributed by atoms with van der Waals surface area (Å²) in [4.78, 5) is 0. The van der Waals surface area contributed by atoms with Crippen LogP contribution in [0.3, 0.4) is 0 Å². The van der Waals surface area contributed by atoms with Gasteiger partial charge in [-0.3, -0.25) is 0 Å². The molecular formula is C70H30F24N4. The summed E-state index contributed by atoms with van der Waals surface area (Å²) in [6.45, 7) is 0. The van der Waals surface area contributed by atoms with Crippen molar-refractivity contribution in [2.75, 3.05) is 0 Å². The van der Waals surface area contributed by atoms with E-state index in [-0.39, 0.29) is 101 Å². The highest BCUT2D eigenvalue weighted by Crippen LogP contribution is 2.49. The highest BCUT2D eigenvalue weighted by atomic mass is 19.4. The summed E-state index contributed by atoms with van der Waals surface area (Å²) in [7, 11) is 0. The third-order valence-electron chi connectivity index (χ3n) is 16.2. The summed E-state index contributed by atoms with van der Waals surface area (Å²) in [6.07, 6.45) is -43.2. The molecule has 0 fully saturated rings. The number of benzene rings is 10. The van der Waals surface area contributed by atoms with E-state index in [2.05, 4.69) is 0 Å². The fraction of sp³-hybridized carbons (Fsp3) is 0.114. The number of fused-ring (bicyclic) bond motifs is 6. The molecule has 2 heterocycles. The maximum absolute atomic E-state index is 14.4. The van der Waals surface area contributed by atoms with Gasteiger partial charge < -0.3 is 9.13 Å². The normalized spacial score (nSPS) is 13.1. The lowest BCUT2D eigenvalue weighted by Gasteiger charge is -2.20. The van der Waals surface area contributed by atoms with Gasteiger partial charge in [0.2, 0.25) is 0 Å². The van der Waals surface area contributed by atoms with Crippen LogP contribution in [0.4, 0.5) is 105 Å². The van der Waals surface area contributed by atoms with Crippen LogP contribution >= 0.6 is 0 Å². The Hall–Kier alpha value is -10.9.